The average Bonchev–Trinajstić information content (AvgIpc) is 2.32. The third-order valence-corrected chi connectivity index (χ3v) is 2.43. The molecule has 5 nitrogen and oxygen atoms in total. The predicted octanol–water partition coefficient (Wildman–Crippen LogP) is 1.14. The molecule has 18 heavy (non-hydrogen) atoms. The van der Waals surface area contributed by atoms with Crippen molar-refractivity contribution in [2.75, 3.05) is 13.2 Å². The highest BCUT2D eigenvalue weighted by Crippen LogP contribution is 2.19. The maximum absolute atomic E-state index is 10.8. The fourth-order valence-corrected chi connectivity index (χ4v) is 1.58. The molecule has 98 valence electrons. The number of aliphatic carboxylic acids is 1. The summed E-state index contributed by atoms with van der Waals surface area (Å²) in [5, 5.41) is 10.7. The van der Waals surface area contributed by atoms with Crippen LogP contribution in [0.2, 0.25) is 0 Å². The van der Waals surface area contributed by atoms with Gasteiger partial charge < -0.3 is 15.2 Å². The zero-order valence-electron chi connectivity index (χ0n) is 10.5. The Morgan fingerprint density at radius 3 is 2.67 bits per heavy atom. The first kappa shape index (κ1) is 14.0. The number of ether oxygens (including phenoxy) is 1. The molecular weight excluding hydrogens is 234 g/mol. The number of hydrogen-bond acceptors (Lipinski definition) is 3. The summed E-state index contributed by atoms with van der Waals surface area (Å²) in [6.07, 6.45) is 0.590. The molecule has 0 fully saturated rings. The lowest BCUT2D eigenvalue weighted by Gasteiger charge is -2.09. The Labute approximate surface area is 106 Å². The Bertz CT molecular complexity index is 443. The minimum atomic E-state index is -1.46. The van der Waals surface area contributed by atoms with E-state index in [4.69, 9.17) is 9.84 Å². The smallest absolute Gasteiger partial charge is 0.394 e. The minimum absolute atomic E-state index is 0.304. The number of hydrogen-bond donors (Lipinski definition) is 2. The van der Waals surface area contributed by atoms with Gasteiger partial charge in [-0.05, 0) is 37.5 Å². The quantitative estimate of drug-likeness (QED) is 0.769. The summed E-state index contributed by atoms with van der Waals surface area (Å²) in [5.41, 5.74) is 2.06. The molecule has 0 aliphatic carbocycles. The number of rotatable bonds is 5. The van der Waals surface area contributed by atoms with Crippen LogP contribution in [0.15, 0.2) is 18.2 Å². The summed E-state index contributed by atoms with van der Waals surface area (Å²) in [6, 6.07) is 5.76. The normalized spacial score (nSPS) is 9.89. The molecule has 1 rings (SSSR count). The van der Waals surface area contributed by atoms with Crippen molar-refractivity contribution in [1.29, 1.82) is 0 Å². The van der Waals surface area contributed by atoms with Gasteiger partial charge in [-0.3, -0.25) is 4.79 Å². The molecule has 2 N–H and O–H groups in total. The van der Waals surface area contributed by atoms with Gasteiger partial charge in [0.2, 0.25) is 0 Å². The number of amides is 1. The fraction of sp³-hybridized carbons (Fsp3) is 0.385. The maximum Gasteiger partial charge on any atom is 0.394 e. The van der Waals surface area contributed by atoms with Crippen LogP contribution in [0.3, 0.4) is 0 Å². The molecule has 0 atom stereocenters. The van der Waals surface area contributed by atoms with Crippen molar-refractivity contribution in [1.82, 2.24) is 5.32 Å². The van der Waals surface area contributed by atoms with Gasteiger partial charge in [0.1, 0.15) is 5.75 Å². The summed E-state index contributed by atoms with van der Waals surface area (Å²) in [6.45, 7) is 4.80. The molecule has 1 amide bonds. The number of benzene rings is 1. The van der Waals surface area contributed by atoms with Crippen molar-refractivity contribution in [2.24, 2.45) is 0 Å². The van der Waals surface area contributed by atoms with Crippen LogP contribution in [0.25, 0.3) is 0 Å². The van der Waals surface area contributed by atoms with Crippen molar-refractivity contribution in [2.45, 2.75) is 20.3 Å². The van der Waals surface area contributed by atoms with Crippen LogP contribution in [0.5, 0.6) is 5.75 Å². The highest BCUT2D eigenvalue weighted by atomic mass is 16.5. The number of aryl methyl sites for hydroxylation is 1. The third kappa shape index (κ3) is 4.08. The first-order valence-electron chi connectivity index (χ1n) is 5.78. The molecule has 0 unspecified atom stereocenters. The number of carbonyl (C=O) groups is 2. The van der Waals surface area contributed by atoms with E-state index in [9.17, 15) is 9.59 Å². The molecule has 0 heterocycles. The van der Waals surface area contributed by atoms with Gasteiger partial charge in [-0.1, -0.05) is 12.1 Å². The second-order valence-electron chi connectivity index (χ2n) is 3.84. The van der Waals surface area contributed by atoms with Crippen LogP contribution in [-0.4, -0.2) is 30.1 Å². The SMILES string of the molecule is CCOc1ccc(CCNC(=O)C(=O)O)cc1C. The molecule has 1 aromatic rings. The highest BCUT2D eigenvalue weighted by molar-refractivity contribution is 6.31. The van der Waals surface area contributed by atoms with E-state index in [2.05, 4.69) is 5.32 Å². The first-order valence-corrected chi connectivity index (χ1v) is 5.78. The molecule has 0 aliphatic heterocycles. The molecule has 0 spiro atoms. The Balaban J connectivity index is 2.51. The van der Waals surface area contributed by atoms with Crippen LogP contribution >= 0.6 is 0 Å². The lowest BCUT2D eigenvalue weighted by molar-refractivity contribution is -0.150. The summed E-state index contributed by atoms with van der Waals surface area (Å²) in [5.74, 6) is -1.59. The van der Waals surface area contributed by atoms with Gasteiger partial charge in [0.15, 0.2) is 0 Å². The molecule has 0 saturated heterocycles. The van der Waals surface area contributed by atoms with Gasteiger partial charge in [0.25, 0.3) is 0 Å². The van der Waals surface area contributed by atoms with Gasteiger partial charge in [0, 0.05) is 6.54 Å². The lowest BCUT2D eigenvalue weighted by Crippen LogP contribution is -2.32. The van der Waals surface area contributed by atoms with E-state index in [0.717, 1.165) is 16.9 Å². The topological polar surface area (TPSA) is 75.6 Å². The molecule has 0 aliphatic rings. The largest absolute Gasteiger partial charge is 0.494 e. The van der Waals surface area contributed by atoms with E-state index in [0.29, 0.717) is 19.6 Å². The van der Waals surface area contributed by atoms with Crippen molar-refractivity contribution < 1.29 is 19.4 Å². The predicted molar refractivity (Wildman–Crippen MR) is 66.7 cm³/mol. The van der Waals surface area contributed by atoms with Gasteiger partial charge in [-0.2, -0.15) is 0 Å². The number of carboxylic acid groups (broad SMARTS) is 1. The van der Waals surface area contributed by atoms with Gasteiger partial charge in [-0.25, -0.2) is 4.79 Å². The Kier molecular flexibility index (Phi) is 5.17. The molecule has 0 radical (unpaired) electrons. The molecule has 0 saturated carbocycles. The maximum atomic E-state index is 10.8. The third-order valence-electron chi connectivity index (χ3n) is 2.43. The van der Waals surface area contributed by atoms with Crippen LogP contribution in [-0.2, 0) is 16.0 Å². The van der Waals surface area contributed by atoms with Gasteiger partial charge in [-0.15, -0.1) is 0 Å². The van der Waals surface area contributed by atoms with E-state index in [-0.39, 0.29) is 0 Å². The van der Waals surface area contributed by atoms with E-state index >= 15 is 0 Å². The Hall–Kier alpha value is -2.04. The Morgan fingerprint density at radius 1 is 1.39 bits per heavy atom. The molecular formula is C13H17NO4. The molecule has 0 aromatic heterocycles. The van der Waals surface area contributed by atoms with Crippen LogP contribution < -0.4 is 10.1 Å². The zero-order chi connectivity index (χ0) is 13.5. The van der Waals surface area contributed by atoms with Gasteiger partial charge in [0.05, 0.1) is 6.61 Å². The van der Waals surface area contributed by atoms with Crippen LogP contribution in [0.1, 0.15) is 18.1 Å². The van der Waals surface area contributed by atoms with Crippen LogP contribution in [0.4, 0.5) is 0 Å². The van der Waals surface area contributed by atoms with Crippen molar-refractivity contribution >= 4 is 11.9 Å². The molecule has 1 aromatic carbocycles. The lowest BCUT2D eigenvalue weighted by atomic mass is 10.1. The second-order valence-corrected chi connectivity index (χ2v) is 3.84. The van der Waals surface area contributed by atoms with E-state index in [1.807, 2.05) is 32.0 Å². The second kappa shape index (κ2) is 6.64. The fourth-order valence-electron chi connectivity index (χ4n) is 1.58. The van der Waals surface area contributed by atoms with E-state index in [1.54, 1.807) is 0 Å². The van der Waals surface area contributed by atoms with E-state index in [1.165, 1.54) is 0 Å². The molecule has 5 heteroatoms. The van der Waals surface area contributed by atoms with Crippen molar-refractivity contribution in [3.63, 3.8) is 0 Å². The monoisotopic (exact) mass is 251 g/mol. The number of nitrogens with one attached hydrogen (secondary N) is 1. The van der Waals surface area contributed by atoms with Crippen molar-refractivity contribution in [3.05, 3.63) is 29.3 Å². The zero-order valence-corrected chi connectivity index (χ0v) is 10.5. The van der Waals surface area contributed by atoms with Crippen LogP contribution in [0, 0.1) is 6.92 Å². The summed E-state index contributed by atoms with van der Waals surface area (Å²) < 4.78 is 5.42. The molecule has 0 bridgehead atoms. The Morgan fingerprint density at radius 2 is 2.11 bits per heavy atom. The highest BCUT2D eigenvalue weighted by Gasteiger charge is 2.09. The summed E-state index contributed by atoms with van der Waals surface area (Å²) >= 11 is 0. The van der Waals surface area contributed by atoms with E-state index < -0.39 is 11.9 Å². The summed E-state index contributed by atoms with van der Waals surface area (Å²) in [7, 11) is 0. The summed E-state index contributed by atoms with van der Waals surface area (Å²) in [4.78, 5) is 21.1. The van der Waals surface area contributed by atoms with Gasteiger partial charge >= 0.3 is 11.9 Å². The number of carbonyl (C=O) groups excluding carboxylic acids is 1. The van der Waals surface area contributed by atoms with Crippen molar-refractivity contribution in [3.8, 4) is 5.75 Å². The average molecular weight is 251 g/mol. The minimum Gasteiger partial charge on any atom is -0.494 e. The standard InChI is InChI=1S/C13H17NO4/c1-3-18-11-5-4-10(8-9(11)2)6-7-14-12(15)13(16)17/h4-5,8H,3,6-7H2,1-2H3,(H,14,15)(H,16,17). The number of carboxylic acids is 1. The first-order chi connectivity index (χ1) is 8.54.